The van der Waals surface area contributed by atoms with Crippen molar-refractivity contribution < 1.29 is 14.9 Å². The van der Waals surface area contributed by atoms with Gasteiger partial charge in [0.05, 0.1) is 18.8 Å². The summed E-state index contributed by atoms with van der Waals surface area (Å²) in [7, 11) is 0. The van der Waals surface area contributed by atoms with Crippen LogP contribution in [0.4, 0.5) is 0 Å². The van der Waals surface area contributed by atoms with Gasteiger partial charge in [0.25, 0.3) is 0 Å². The highest BCUT2D eigenvalue weighted by atomic mass is 16.5. The average Bonchev–Trinajstić information content (AvgIpc) is 2.69. The second-order valence-electron chi connectivity index (χ2n) is 3.65. The van der Waals surface area contributed by atoms with Crippen LogP contribution < -0.4 is 10.1 Å². The van der Waals surface area contributed by atoms with E-state index in [9.17, 15) is 5.11 Å². The highest BCUT2D eigenvalue weighted by Crippen LogP contribution is 2.31. The molecule has 4 heteroatoms. The molecule has 1 heterocycles. The summed E-state index contributed by atoms with van der Waals surface area (Å²) >= 11 is 0. The number of rotatable bonds is 4. The highest BCUT2D eigenvalue weighted by molar-refractivity contribution is 5.39. The number of para-hydroxylation sites is 1. The van der Waals surface area contributed by atoms with Gasteiger partial charge < -0.3 is 20.3 Å². The Morgan fingerprint density at radius 2 is 2.27 bits per heavy atom. The molecule has 82 valence electrons. The van der Waals surface area contributed by atoms with Gasteiger partial charge in [0.2, 0.25) is 0 Å². The minimum atomic E-state index is -0.710. The smallest absolute Gasteiger partial charge is 0.124 e. The van der Waals surface area contributed by atoms with Gasteiger partial charge in [-0.2, -0.15) is 0 Å². The lowest BCUT2D eigenvalue weighted by molar-refractivity contribution is 0.0909. The van der Waals surface area contributed by atoms with Crippen molar-refractivity contribution in [3.63, 3.8) is 0 Å². The van der Waals surface area contributed by atoms with Crippen LogP contribution in [0, 0.1) is 0 Å². The molecule has 3 N–H and O–H groups in total. The van der Waals surface area contributed by atoms with E-state index in [1.165, 1.54) is 0 Å². The first-order chi connectivity index (χ1) is 7.31. The van der Waals surface area contributed by atoms with Crippen molar-refractivity contribution in [1.29, 1.82) is 0 Å². The minimum absolute atomic E-state index is 0.113. The summed E-state index contributed by atoms with van der Waals surface area (Å²) in [4.78, 5) is 0. The minimum Gasteiger partial charge on any atom is -0.491 e. The van der Waals surface area contributed by atoms with Crippen molar-refractivity contribution in [3.8, 4) is 5.75 Å². The molecular formula is C11H15NO3. The maximum atomic E-state index is 9.21. The van der Waals surface area contributed by atoms with Gasteiger partial charge >= 0.3 is 0 Å². The number of hydrogen-bond donors (Lipinski definition) is 3. The first kappa shape index (κ1) is 10.4. The van der Waals surface area contributed by atoms with Crippen molar-refractivity contribution >= 4 is 0 Å². The van der Waals surface area contributed by atoms with Crippen LogP contribution in [0.15, 0.2) is 24.3 Å². The van der Waals surface area contributed by atoms with Crippen molar-refractivity contribution in [2.45, 2.75) is 12.1 Å². The lowest BCUT2D eigenvalue weighted by Gasteiger charge is -2.13. The summed E-state index contributed by atoms with van der Waals surface area (Å²) in [5.41, 5.74) is 1.11. The number of aliphatic hydroxyl groups is 2. The molecule has 1 aromatic rings. The molecule has 0 aromatic heterocycles. The van der Waals surface area contributed by atoms with Crippen molar-refractivity contribution in [2.24, 2.45) is 0 Å². The Balaban J connectivity index is 1.96. The van der Waals surface area contributed by atoms with E-state index in [1.54, 1.807) is 0 Å². The van der Waals surface area contributed by atoms with Crippen LogP contribution in [-0.4, -0.2) is 36.1 Å². The number of benzene rings is 1. The molecule has 0 bridgehead atoms. The predicted molar refractivity (Wildman–Crippen MR) is 55.8 cm³/mol. The topological polar surface area (TPSA) is 61.7 Å². The van der Waals surface area contributed by atoms with Gasteiger partial charge in [-0.3, -0.25) is 0 Å². The zero-order valence-corrected chi connectivity index (χ0v) is 8.39. The Morgan fingerprint density at radius 3 is 3.07 bits per heavy atom. The van der Waals surface area contributed by atoms with Crippen LogP contribution >= 0.6 is 0 Å². The molecule has 1 aliphatic rings. The van der Waals surface area contributed by atoms with E-state index < -0.39 is 6.10 Å². The molecule has 0 aliphatic carbocycles. The maximum absolute atomic E-state index is 9.21. The molecule has 2 unspecified atom stereocenters. The molecular weight excluding hydrogens is 194 g/mol. The van der Waals surface area contributed by atoms with Crippen LogP contribution in [0.5, 0.6) is 5.75 Å². The Hall–Kier alpha value is -1.10. The van der Waals surface area contributed by atoms with E-state index in [0.717, 1.165) is 11.3 Å². The molecule has 2 atom stereocenters. The van der Waals surface area contributed by atoms with Gasteiger partial charge in [0.1, 0.15) is 12.4 Å². The molecule has 0 saturated carbocycles. The van der Waals surface area contributed by atoms with Gasteiger partial charge in [-0.05, 0) is 6.07 Å². The predicted octanol–water partition coefficient (Wildman–Crippen LogP) is 0.0629. The van der Waals surface area contributed by atoms with E-state index in [4.69, 9.17) is 9.84 Å². The van der Waals surface area contributed by atoms with E-state index in [2.05, 4.69) is 5.32 Å². The largest absolute Gasteiger partial charge is 0.491 e. The van der Waals surface area contributed by atoms with Crippen LogP contribution in [0.2, 0.25) is 0 Å². The average molecular weight is 209 g/mol. The SMILES string of the molecule is OCC(O)CNC1COc2ccccc21. The zero-order chi connectivity index (χ0) is 10.7. The van der Waals surface area contributed by atoms with Crippen LogP contribution in [0.1, 0.15) is 11.6 Å². The monoisotopic (exact) mass is 209 g/mol. The zero-order valence-electron chi connectivity index (χ0n) is 8.39. The molecule has 0 spiro atoms. The van der Waals surface area contributed by atoms with E-state index >= 15 is 0 Å². The normalized spacial score (nSPS) is 20.8. The van der Waals surface area contributed by atoms with Gasteiger partial charge in [0, 0.05) is 12.1 Å². The first-order valence-corrected chi connectivity index (χ1v) is 5.05. The summed E-state index contributed by atoms with van der Waals surface area (Å²) in [5.74, 6) is 0.897. The van der Waals surface area contributed by atoms with E-state index in [0.29, 0.717) is 13.2 Å². The molecule has 2 rings (SSSR count). The summed E-state index contributed by atoms with van der Waals surface area (Å²) in [6, 6.07) is 7.95. The number of hydrogen-bond acceptors (Lipinski definition) is 4. The molecule has 4 nitrogen and oxygen atoms in total. The quantitative estimate of drug-likeness (QED) is 0.656. The van der Waals surface area contributed by atoms with Gasteiger partial charge in [-0.1, -0.05) is 18.2 Å². The second-order valence-corrected chi connectivity index (χ2v) is 3.65. The second kappa shape index (κ2) is 4.61. The van der Waals surface area contributed by atoms with Crippen LogP contribution in [0.25, 0.3) is 0 Å². The standard InChI is InChI=1S/C11H15NO3/c13-6-8(14)5-12-10-7-15-11-4-2-1-3-9(10)11/h1-4,8,10,12-14H,5-7H2. The summed E-state index contributed by atoms with van der Waals surface area (Å²) < 4.78 is 5.47. The summed E-state index contributed by atoms with van der Waals surface area (Å²) in [5, 5.41) is 21.0. The van der Waals surface area contributed by atoms with E-state index in [-0.39, 0.29) is 12.6 Å². The third kappa shape index (κ3) is 2.28. The maximum Gasteiger partial charge on any atom is 0.124 e. The van der Waals surface area contributed by atoms with E-state index in [1.807, 2.05) is 24.3 Å². The number of aliphatic hydroxyl groups excluding tert-OH is 2. The fourth-order valence-corrected chi connectivity index (χ4v) is 1.67. The van der Waals surface area contributed by atoms with Crippen LogP contribution in [0.3, 0.4) is 0 Å². The Morgan fingerprint density at radius 1 is 1.47 bits per heavy atom. The van der Waals surface area contributed by atoms with Gasteiger partial charge in [-0.25, -0.2) is 0 Å². The van der Waals surface area contributed by atoms with Crippen molar-refractivity contribution in [3.05, 3.63) is 29.8 Å². The molecule has 0 radical (unpaired) electrons. The van der Waals surface area contributed by atoms with Crippen molar-refractivity contribution in [1.82, 2.24) is 5.32 Å². The lowest BCUT2D eigenvalue weighted by atomic mass is 10.1. The molecule has 1 aliphatic heterocycles. The summed E-state index contributed by atoms with van der Waals surface area (Å²) in [6.45, 7) is 0.735. The number of fused-ring (bicyclic) bond motifs is 1. The van der Waals surface area contributed by atoms with Gasteiger partial charge in [-0.15, -0.1) is 0 Å². The molecule has 1 aromatic carbocycles. The molecule has 0 amide bonds. The fraction of sp³-hybridized carbons (Fsp3) is 0.455. The Kier molecular flexibility index (Phi) is 3.20. The third-order valence-electron chi connectivity index (χ3n) is 2.51. The molecule has 0 saturated heterocycles. The first-order valence-electron chi connectivity index (χ1n) is 5.05. The highest BCUT2D eigenvalue weighted by Gasteiger charge is 2.23. The molecule has 0 fully saturated rings. The Bertz CT molecular complexity index is 329. The third-order valence-corrected chi connectivity index (χ3v) is 2.51. The number of ether oxygens (including phenoxy) is 1. The number of nitrogens with one attached hydrogen (secondary N) is 1. The van der Waals surface area contributed by atoms with Crippen LogP contribution in [-0.2, 0) is 0 Å². The molecule has 15 heavy (non-hydrogen) atoms. The fourth-order valence-electron chi connectivity index (χ4n) is 1.67. The Labute approximate surface area is 88.5 Å². The van der Waals surface area contributed by atoms with Gasteiger partial charge in [0.15, 0.2) is 0 Å². The van der Waals surface area contributed by atoms with Crippen molar-refractivity contribution in [2.75, 3.05) is 19.8 Å². The lowest BCUT2D eigenvalue weighted by Crippen LogP contribution is -2.32. The summed E-state index contributed by atoms with van der Waals surface area (Å²) in [6.07, 6.45) is -0.710.